The molecule has 6 heteroatoms. The van der Waals surface area contributed by atoms with E-state index >= 15 is 0 Å². The summed E-state index contributed by atoms with van der Waals surface area (Å²) < 4.78 is 26.6. The molecule has 1 aromatic rings. The van der Waals surface area contributed by atoms with Gasteiger partial charge in [0.05, 0.1) is 5.69 Å². The topological polar surface area (TPSA) is 85.1 Å². The first-order chi connectivity index (χ1) is 9.09. The Morgan fingerprint density at radius 3 is 2.79 bits per heavy atom. The summed E-state index contributed by atoms with van der Waals surface area (Å²) in [6.45, 7) is 0.453. The van der Waals surface area contributed by atoms with Gasteiger partial charge in [0, 0.05) is 12.7 Å². The molecule has 0 radical (unpaired) electrons. The number of hydrogen-bond acceptors (Lipinski definition) is 4. The summed E-state index contributed by atoms with van der Waals surface area (Å²) in [6.07, 6.45) is 8.63. The normalized spacial score (nSPS) is 16.8. The second-order valence-electron chi connectivity index (χ2n) is 5.09. The Balaban J connectivity index is 1.82. The van der Waals surface area contributed by atoms with Gasteiger partial charge in [0.1, 0.15) is 0 Å². The Hall–Kier alpha value is -1.14. The van der Waals surface area contributed by atoms with Gasteiger partial charge in [-0.25, -0.2) is 18.1 Å². The van der Waals surface area contributed by atoms with E-state index in [-0.39, 0.29) is 10.7 Å². The molecule has 0 unspecified atom stereocenters. The molecule has 1 saturated carbocycles. The number of rotatable bonds is 6. The third-order valence-corrected chi connectivity index (χ3v) is 5.05. The summed E-state index contributed by atoms with van der Waals surface area (Å²) in [5.41, 5.74) is 5.81. The van der Waals surface area contributed by atoms with E-state index < -0.39 is 10.0 Å². The summed E-state index contributed by atoms with van der Waals surface area (Å²) in [4.78, 5) is 3.83. The molecule has 0 atom stereocenters. The number of nitrogen functional groups attached to an aromatic ring is 1. The molecule has 106 valence electrons. The van der Waals surface area contributed by atoms with E-state index in [0.717, 1.165) is 18.8 Å². The Kier molecular flexibility index (Phi) is 4.76. The number of nitrogens with zero attached hydrogens (tertiary/aromatic N) is 1. The second-order valence-corrected chi connectivity index (χ2v) is 6.77. The zero-order valence-electron chi connectivity index (χ0n) is 11.0. The summed E-state index contributed by atoms with van der Waals surface area (Å²) in [5.74, 6) is 0.782. The number of aromatic nitrogens is 1. The van der Waals surface area contributed by atoms with Gasteiger partial charge in [-0.2, -0.15) is 0 Å². The van der Waals surface area contributed by atoms with E-state index in [2.05, 4.69) is 9.71 Å². The highest BCUT2D eigenvalue weighted by atomic mass is 32.2. The Morgan fingerprint density at radius 1 is 1.37 bits per heavy atom. The molecular formula is C13H21N3O2S. The molecule has 1 heterocycles. The lowest BCUT2D eigenvalue weighted by molar-refractivity contribution is 0.480. The van der Waals surface area contributed by atoms with Crippen molar-refractivity contribution in [2.24, 2.45) is 5.92 Å². The molecule has 1 fully saturated rings. The fourth-order valence-corrected chi connectivity index (χ4v) is 3.72. The zero-order valence-corrected chi connectivity index (χ0v) is 11.8. The highest BCUT2D eigenvalue weighted by molar-refractivity contribution is 7.89. The van der Waals surface area contributed by atoms with E-state index in [1.54, 1.807) is 12.1 Å². The van der Waals surface area contributed by atoms with E-state index in [1.165, 1.54) is 31.9 Å². The Morgan fingerprint density at radius 2 is 2.11 bits per heavy atom. The highest BCUT2D eigenvalue weighted by Crippen LogP contribution is 2.28. The van der Waals surface area contributed by atoms with Gasteiger partial charge in [-0.05, 0) is 30.9 Å². The van der Waals surface area contributed by atoms with Crippen molar-refractivity contribution in [1.29, 1.82) is 0 Å². The van der Waals surface area contributed by atoms with Crippen LogP contribution in [0.2, 0.25) is 0 Å². The van der Waals surface area contributed by atoms with Gasteiger partial charge in [0.25, 0.3) is 10.0 Å². The highest BCUT2D eigenvalue weighted by Gasteiger charge is 2.19. The second kappa shape index (κ2) is 6.34. The van der Waals surface area contributed by atoms with Gasteiger partial charge in [0.15, 0.2) is 5.03 Å². The van der Waals surface area contributed by atoms with Crippen LogP contribution in [-0.4, -0.2) is 19.9 Å². The minimum absolute atomic E-state index is 0.0733. The number of anilines is 1. The van der Waals surface area contributed by atoms with Crippen LogP contribution in [0.25, 0.3) is 0 Å². The average molecular weight is 283 g/mol. The van der Waals surface area contributed by atoms with E-state index in [1.807, 2.05) is 0 Å². The lowest BCUT2D eigenvalue weighted by atomic mass is 10.0. The van der Waals surface area contributed by atoms with Crippen molar-refractivity contribution in [3.8, 4) is 0 Å². The van der Waals surface area contributed by atoms with Crippen molar-refractivity contribution in [2.75, 3.05) is 12.3 Å². The number of hydrogen-bond donors (Lipinski definition) is 2. The molecule has 19 heavy (non-hydrogen) atoms. The number of pyridine rings is 1. The molecule has 0 aromatic carbocycles. The van der Waals surface area contributed by atoms with Crippen LogP contribution in [0.1, 0.15) is 38.5 Å². The standard InChI is InChI=1S/C13H21N3O2S/c14-12-8-4-9-15-13(12)19(17,18)16-10-3-7-11-5-1-2-6-11/h4,8-9,11,16H,1-3,5-7,10,14H2. The summed E-state index contributed by atoms with van der Waals surface area (Å²) >= 11 is 0. The van der Waals surface area contributed by atoms with Crippen molar-refractivity contribution in [3.63, 3.8) is 0 Å². The van der Waals surface area contributed by atoms with Crippen molar-refractivity contribution in [1.82, 2.24) is 9.71 Å². The van der Waals surface area contributed by atoms with Crippen LogP contribution in [0.4, 0.5) is 5.69 Å². The van der Waals surface area contributed by atoms with Crippen LogP contribution in [0.15, 0.2) is 23.4 Å². The smallest absolute Gasteiger partial charge is 0.260 e. The molecule has 1 aromatic heterocycles. The van der Waals surface area contributed by atoms with Crippen LogP contribution in [0.5, 0.6) is 0 Å². The molecule has 2 rings (SSSR count). The lowest BCUT2D eigenvalue weighted by Crippen LogP contribution is -2.26. The quantitative estimate of drug-likeness (QED) is 0.781. The molecular weight excluding hydrogens is 262 g/mol. The monoisotopic (exact) mass is 283 g/mol. The van der Waals surface area contributed by atoms with E-state index in [4.69, 9.17) is 5.73 Å². The third kappa shape index (κ3) is 3.91. The summed E-state index contributed by atoms with van der Waals surface area (Å²) in [6, 6.07) is 3.16. The maximum atomic E-state index is 12.0. The summed E-state index contributed by atoms with van der Waals surface area (Å²) in [7, 11) is -3.57. The molecule has 0 spiro atoms. The molecule has 3 N–H and O–H groups in total. The fraction of sp³-hybridized carbons (Fsp3) is 0.615. The van der Waals surface area contributed by atoms with Crippen LogP contribution < -0.4 is 10.5 Å². The van der Waals surface area contributed by atoms with Gasteiger partial charge in [-0.15, -0.1) is 0 Å². The van der Waals surface area contributed by atoms with Crippen LogP contribution in [0, 0.1) is 5.92 Å². The predicted molar refractivity (Wildman–Crippen MR) is 75.0 cm³/mol. The number of nitrogens with one attached hydrogen (secondary N) is 1. The maximum absolute atomic E-state index is 12.0. The largest absolute Gasteiger partial charge is 0.396 e. The predicted octanol–water partition coefficient (Wildman–Crippen LogP) is 1.91. The van der Waals surface area contributed by atoms with Crippen molar-refractivity contribution >= 4 is 15.7 Å². The van der Waals surface area contributed by atoms with Gasteiger partial charge < -0.3 is 5.73 Å². The minimum atomic E-state index is -3.57. The zero-order chi connectivity index (χ0) is 13.7. The lowest BCUT2D eigenvalue weighted by Gasteiger charge is -2.10. The molecule has 0 amide bonds. The van der Waals surface area contributed by atoms with Crippen LogP contribution in [-0.2, 0) is 10.0 Å². The van der Waals surface area contributed by atoms with Gasteiger partial charge >= 0.3 is 0 Å². The van der Waals surface area contributed by atoms with Crippen LogP contribution in [0.3, 0.4) is 0 Å². The van der Waals surface area contributed by atoms with E-state index in [9.17, 15) is 8.42 Å². The first-order valence-electron chi connectivity index (χ1n) is 6.80. The molecule has 0 saturated heterocycles. The molecule has 0 aliphatic heterocycles. The van der Waals surface area contributed by atoms with Gasteiger partial charge in [-0.3, -0.25) is 0 Å². The maximum Gasteiger partial charge on any atom is 0.260 e. The summed E-state index contributed by atoms with van der Waals surface area (Å²) in [5, 5.41) is -0.0733. The molecule has 1 aliphatic rings. The molecule has 0 bridgehead atoms. The number of nitrogens with two attached hydrogens (primary N) is 1. The fourth-order valence-electron chi connectivity index (χ4n) is 2.59. The van der Waals surface area contributed by atoms with Crippen molar-refractivity contribution in [2.45, 2.75) is 43.6 Å². The number of sulfonamides is 1. The molecule has 5 nitrogen and oxygen atoms in total. The average Bonchev–Trinajstić information content (AvgIpc) is 2.88. The Bertz CT molecular complexity index is 510. The third-order valence-electron chi connectivity index (χ3n) is 3.61. The van der Waals surface area contributed by atoms with Crippen molar-refractivity contribution < 1.29 is 8.42 Å². The van der Waals surface area contributed by atoms with E-state index in [0.29, 0.717) is 6.54 Å². The van der Waals surface area contributed by atoms with Crippen LogP contribution >= 0.6 is 0 Å². The first kappa shape index (κ1) is 14.3. The van der Waals surface area contributed by atoms with Gasteiger partial charge in [0.2, 0.25) is 0 Å². The molecule has 1 aliphatic carbocycles. The Labute approximate surface area is 114 Å². The minimum Gasteiger partial charge on any atom is -0.396 e. The van der Waals surface area contributed by atoms with Gasteiger partial charge in [-0.1, -0.05) is 25.7 Å². The SMILES string of the molecule is Nc1cccnc1S(=O)(=O)NCCCC1CCCC1. The van der Waals surface area contributed by atoms with Crippen molar-refractivity contribution in [3.05, 3.63) is 18.3 Å². The first-order valence-corrected chi connectivity index (χ1v) is 8.28.